The van der Waals surface area contributed by atoms with Gasteiger partial charge in [-0.25, -0.2) is 0 Å². The monoisotopic (exact) mass is 564 g/mol. The van der Waals surface area contributed by atoms with Gasteiger partial charge in [-0.05, 0) is 85.5 Å². The molecule has 0 radical (unpaired) electrons. The van der Waals surface area contributed by atoms with Gasteiger partial charge in [0.15, 0.2) is 0 Å². The average Bonchev–Trinajstić information content (AvgIpc) is 3.03. The minimum Gasteiger partial charge on any atom is -0.348 e. The van der Waals surface area contributed by atoms with Crippen molar-refractivity contribution in [2.24, 2.45) is 5.92 Å². The first-order chi connectivity index (χ1) is 20.5. The zero-order valence-corrected chi connectivity index (χ0v) is 23.7. The van der Waals surface area contributed by atoms with E-state index in [1.54, 1.807) is 12.1 Å². The van der Waals surface area contributed by atoms with E-state index in [1.807, 2.05) is 53.4 Å². The highest BCUT2D eigenvalue weighted by atomic mass is 16.2. The molecule has 2 aromatic carbocycles. The first kappa shape index (κ1) is 29.0. The maximum atomic E-state index is 13.1. The molecule has 2 saturated heterocycles. The number of likely N-dealkylation sites (tertiary alicyclic amines) is 2. The number of amides is 3. The first-order valence-corrected chi connectivity index (χ1v) is 14.6. The third kappa shape index (κ3) is 7.59. The van der Waals surface area contributed by atoms with Crippen LogP contribution < -0.4 is 10.6 Å². The molecule has 0 bridgehead atoms. The molecule has 0 spiro atoms. The van der Waals surface area contributed by atoms with Crippen LogP contribution in [0.15, 0.2) is 66.9 Å². The number of nitrogens with zero attached hydrogens (tertiary/aromatic N) is 4. The van der Waals surface area contributed by atoms with E-state index in [-0.39, 0.29) is 17.9 Å². The number of nitriles is 1. The smallest absolute Gasteiger partial charge is 0.270 e. The van der Waals surface area contributed by atoms with Gasteiger partial charge < -0.3 is 15.5 Å². The molecule has 1 aromatic heterocycles. The van der Waals surface area contributed by atoms with Crippen LogP contribution in [0.25, 0.3) is 0 Å². The predicted octanol–water partition coefficient (Wildman–Crippen LogP) is 4.01. The van der Waals surface area contributed by atoms with Gasteiger partial charge in [0.05, 0.1) is 17.2 Å². The number of anilines is 1. The highest BCUT2D eigenvalue weighted by Gasteiger charge is 2.25. The summed E-state index contributed by atoms with van der Waals surface area (Å²) >= 11 is 0. The standard InChI is InChI=1S/C33H36N6O3/c34-20-26-1-3-27(4-2-26)22-38-15-13-30(14-16-38)37-32(41)31-10-7-28(21-35-31)33(42)39-17-11-25(12-18-39)19-24-5-8-29(9-6-24)36-23-40/h1-10,21,23,25,30H,11-19,22H2,(H,36,40)(H,37,41). The molecule has 3 aromatic rings. The number of aromatic nitrogens is 1. The van der Waals surface area contributed by atoms with Gasteiger partial charge in [0.1, 0.15) is 5.69 Å². The highest BCUT2D eigenvalue weighted by molar-refractivity contribution is 5.96. The normalized spacial score (nSPS) is 16.4. The van der Waals surface area contributed by atoms with Crippen LogP contribution in [-0.2, 0) is 17.8 Å². The third-order valence-corrected chi connectivity index (χ3v) is 8.26. The number of hydrogen-bond acceptors (Lipinski definition) is 6. The topological polar surface area (TPSA) is 118 Å². The Morgan fingerprint density at radius 2 is 1.60 bits per heavy atom. The molecule has 0 aliphatic carbocycles. The van der Waals surface area contributed by atoms with E-state index in [1.165, 1.54) is 17.3 Å². The Morgan fingerprint density at radius 1 is 0.905 bits per heavy atom. The fourth-order valence-electron chi connectivity index (χ4n) is 5.75. The number of nitrogens with one attached hydrogen (secondary N) is 2. The molecular weight excluding hydrogens is 528 g/mol. The molecule has 3 amide bonds. The molecule has 9 heteroatoms. The number of carbonyl (C=O) groups is 3. The number of rotatable bonds is 9. The van der Waals surface area contributed by atoms with Crippen LogP contribution >= 0.6 is 0 Å². The lowest BCUT2D eigenvalue weighted by molar-refractivity contribution is -0.105. The molecule has 5 rings (SSSR count). The number of pyridine rings is 1. The average molecular weight is 565 g/mol. The SMILES string of the molecule is N#Cc1ccc(CN2CCC(NC(=O)c3ccc(C(=O)N4CCC(Cc5ccc(NC=O)cc5)CC4)cn3)CC2)cc1. The van der Waals surface area contributed by atoms with Crippen LogP contribution in [0.2, 0.25) is 0 Å². The van der Waals surface area contributed by atoms with Gasteiger partial charge >= 0.3 is 0 Å². The third-order valence-electron chi connectivity index (χ3n) is 8.26. The largest absolute Gasteiger partial charge is 0.348 e. The van der Waals surface area contributed by atoms with Gasteiger partial charge in [-0.3, -0.25) is 24.3 Å². The molecule has 3 heterocycles. The van der Waals surface area contributed by atoms with Crippen LogP contribution in [0.4, 0.5) is 5.69 Å². The molecule has 2 N–H and O–H groups in total. The Balaban J connectivity index is 1.04. The molecule has 0 unspecified atom stereocenters. The molecule has 42 heavy (non-hydrogen) atoms. The fraction of sp³-hybridized carbons (Fsp3) is 0.364. The maximum Gasteiger partial charge on any atom is 0.270 e. The van der Waals surface area contributed by atoms with E-state index in [0.717, 1.165) is 57.4 Å². The highest BCUT2D eigenvalue weighted by Crippen LogP contribution is 2.24. The Kier molecular flexibility index (Phi) is 9.57. The van der Waals surface area contributed by atoms with E-state index in [0.29, 0.717) is 42.2 Å². The molecule has 9 nitrogen and oxygen atoms in total. The number of carbonyl (C=O) groups excluding carboxylic acids is 3. The van der Waals surface area contributed by atoms with E-state index < -0.39 is 0 Å². The lowest BCUT2D eigenvalue weighted by Gasteiger charge is -2.32. The lowest BCUT2D eigenvalue weighted by atomic mass is 9.90. The second-order valence-electron chi connectivity index (χ2n) is 11.2. The second kappa shape index (κ2) is 13.9. The quantitative estimate of drug-likeness (QED) is 0.379. The van der Waals surface area contributed by atoms with Crippen LogP contribution in [0.3, 0.4) is 0 Å². The van der Waals surface area contributed by atoms with E-state index in [4.69, 9.17) is 5.26 Å². The Morgan fingerprint density at radius 3 is 2.21 bits per heavy atom. The van der Waals surface area contributed by atoms with E-state index in [2.05, 4.69) is 26.6 Å². The molecule has 0 atom stereocenters. The summed E-state index contributed by atoms with van der Waals surface area (Å²) in [5.41, 5.74) is 4.67. The number of hydrogen-bond donors (Lipinski definition) is 2. The molecule has 216 valence electrons. The summed E-state index contributed by atoms with van der Waals surface area (Å²) in [7, 11) is 0. The van der Waals surface area contributed by atoms with Crippen molar-refractivity contribution >= 4 is 23.9 Å². The van der Waals surface area contributed by atoms with Crippen molar-refractivity contribution in [2.45, 2.75) is 44.7 Å². The Bertz CT molecular complexity index is 1400. The molecule has 2 aliphatic rings. The lowest BCUT2D eigenvalue weighted by Crippen LogP contribution is -2.44. The van der Waals surface area contributed by atoms with Crippen molar-refractivity contribution < 1.29 is 14.4 Å². The molecule has 2 fully saturated rings. The number of piperidine rings is 2. The second-order valence-corrected chi connectivity index (χ2v) is 11.2. The fourth-order valence-corrected chi connectivity index (χ4v) is 5.75. The predicted molar refractivity (Wildman–Crippen MR) is 160 cm³/mol. The van der Waals surface area contributed by atoms with Gasteiger partial charge in [0.2, 0.25) is 6.41 Å². The van der Waals surface area contributed by atoms with Crippen molar-refractivity contribution in [2.75, 3.05) is 31.5 Å². The summed E-state index contributed by atoms with van der Waals surface area (Å²) in [6, 6.07) is 21.1. The van der Waals surface area contributed by atoms with Gasteiger partial charge in [0, 0.05) is 50.6 Å². The Labute approximate surface area is 246 Å². The summed E-state index contributed by atoms with van der Waals surface area (Å²) in [4.78, 5) is 45.0. The van der Waals surface area contributed by atoms with E-state index in [9.17, 15) is 14.4 Å². The summed E-state index contributed by atoms with van der Waals surface area (Å²) in [6.07, 6.45) is 6.71. The number of benzene rings is 2. The van der Waals surface area contributed by atoms with Gasteiger partial charge in [-0.2, -0.15) is 5.26 Å². The van der Waals surface area contributed by atoms with Gasteiger partial charge in [0.25, 0.3) is 11.8 Å². The van der Waals surface area contributed by atoms with Crippen LogP contribution in [0.1, 0.15) is 63.2 Å². The summed E-state index contributed by atoms with van der Waals surface area (Å²) in [5, 5.41) is 14.7. The van der Waals surface area contributed by atoms with Crippen molar-refractivity contribution in [1.82, 2.24) is 20.1 Å². The minimum atomic E-state index is -0.213. The minimum absolute atomic E-state index is 0.0492. The van der Waals surface area contributed by atoms with Crippen LogP contribution in [-0.4, -0.2) is 65.2 Å². The van der Waals surface area contributed by atoms with Crippen molar-refractivity contribution in [3.63, 3.8) is 0 Å². The van der Waals surface area contributed by atoms with Gasteiger partial charge in [-0.1, -0.05) is 24.3 Å². The molecule has 0 saturated carbocycles. The molecular formula is C33H36N6O3. The first-order valence-electron chi connectivity index (χ1n) is 14.6. The Hall–Kier alpha value is -4.55. The maximum absolute atomic E-state index is 13.1. The zero-order chi connectivity index (χ0) is 29.3. The van der Waals surface area contributed by atoms with Crippen LogP contribution in [0, 0.1) is 17.2 Å². The van der Waals surface area contributed by atoms with Crippen molar-refractivity contribution in [1.29, 1.82) is 5.26 Å². The summed E-state index contributed by atoms with van der Waals surface area (Å²) < 4.78 is 0. The van der Waals surface area contributed by atoms with Crippen LogP contribution in [0.5, 0.6) is 0 Å². The van der Waals surface area contributed by atoms with Crippen molar-refractivity contribution in [3.05, 3.63) is 94.8 Å². The summed E-state index contributed by atoms with van der Waals surface area (Å²) in [6.45, 7) is 3.98. The van der Waals surface area contributed by atoms with Crippen molar-refractivity contribution in [3.8, 4) is 6.07 Å². The van der Waals surface area contributed by atoms with E-state index >= 15 is 0 Å². The molecule has 2 aliphatic heterocycles. The zero-order valence-electron chi connectivity index (χ0n) is 23.7. The van der Waals surface area contributed by atoms with Gasteiger partial charge in [-0.15, -0.1) is 0 Å². The summed E-state index contributed by atoms with van der Waals surface area (Å²) in [5.74, 6) is 0.244.